The quantitative estimate of drug-likeness (QED) is 0.807. The van der Waals surface area contributed by atoms with Crippen LogP contribution < -0.4 is 4.90 Å². The predicted octanol–water partition coefficient (Wildman–Crippen LogP) is 1.86. The molecule has 0 saturated heterocycles. The summed E-state index contributed by atoms with van der Waals surface area (Å²) >= 11 is 0. The van der Waals surface area contributed by atoms with Crippen LogP contribution in [0.2, 0.25) is 0 Å². The van der Waals surface area contributed by atoms with Crippen molar-refractivity contribution in [2.24, 2.45) is 0 Å². The van der Waals surface area contributed by atoms with E-state index in [1.54, 1.807) is 12.1 Å². The van der Waals surface area contributed by atoms with Crippen LogP contribution in [-0.4, -0.2) is 37.3 Å². The molecule has 1 aromatic rings. The van der Waals surface area contributed by atoms with Crippen LogP contribution in [-0.2, 0) is 0 Å². The molecule has 0 atom stereocenters. The van der Waals surface area contributed by atoms with Crippen LogP contribution in [0, 0.1) is 0 Å². The first kappa shape index (κ1) is 13.5. The van der Waals surface area contributed by atoms with Crippen LogP contribution in [0.5, 0.6) is 0 Å². The number of benzene rings is 1. The predicted molar refractivity (Wildman–Crippen MR) is 57.2 cm³/mol. The number of rotatable bonds is 5. The number of nitrogens with zero attached hydrogens (tertiary/aromatic N) is 1. The standard InChI is InChI=1S/C11H12F3NO2/c12-11(13,14)8-15(5-6-16)10-4-2-1-3-9(10)7-17/h1-4,7,16H,5-6,8H2. The van der Waals surface area contributed by atoms with Crippen molar-refractivity contribution in [1.29, 1.82) is 0 Å². The van der Waals surface area contributed by atoms with Gasteiger partial charge in [0.25, 0.3) is 0 Å². The summed E-state index contributed by atoms with van der Waals surface area (Å²) in [5.41, 5.74) is 0.346. The Balaban J connectivity index is 3.00. The Labute approximate surface area is 96.5 Å². The summed E-state index contributed by atoms with van der Waals surface area (Å²) in [6.45, 7) is -1.79. The first-order valence-electron chi connectivity index (χ1n) is 4.94. The monoisotopic (exact) mass is 247 g/mol. The Morgan fingerprint density at radius 3 is 2.47 bits per heavy atom. The number of carbonyl (C=O) groups excluding carboxylic acids is 1. The fraction of sp³-hybridized carbons (Fsp3) is 0.364. The normalized spacial score (nSPS) is 11.3. The molecule has 1 aromatic carbocycles. The smallest absolute Gasteiger partial charge is 0.395 e. The second kappa shape index (κ2) is 5.67. The first-order chi connectivity index (χ1) is 7.98. The van der Waals surface area contributed by atoms with Gasteiger partial charge in [-0.3, -0.25) is 4.79 Å². The molecule has 0 saturated carbocycles. The van der Waals surface area contributed by atoms with Gasteiger partial charge in [0.1, 0.15) is 6.54 Å². The van der Waals surface area contributed by atoms with Gasteiger partial charge in [-0.05, 0) is 12.1 Å². The summed E-state index contributed by atoms with van der Waals surface area (Å²) in [5, 5.41) is 8.76. The summed E-state index contributed by atoms with van der Waals surface area (Å²) in [4.78, 5) is 11.7. The third-order valence-electron chi connectivity index (χ3n) is 2.14. The molecule has 0 aliphatic heterocycles. The number of hydrogen-bond acceptors (Lipinski definition) is 3. The Morgan fingerprint density at radius 1 is 1.29 bits per heavy atom. The van der Waals surface area contributed by atoms with Crippen molar-refractivity contribution in [3.05, 3.63) is 29.8 Å². The van der Waals surface area contributed by atoms with Crippen LogP contribution in [0.3, 0.4) is 0 Å². The maximum absolute atomic E-state index is 12.3. The molecule has 1 N–H and O–H groups in total. The molecule has 1 rings (SSSR count). The van der Waals surface area contributed by atoms with Crippen LogP contribution in [0.4, 0.5) is 18.9 Å². The van der Waals surface area contributed by atoms with Crippen molar-refractivity contribution < 1.29 is 23.1 Å². The largest absolute Gasteiger partial charge is 0.405 e. The minimum Gasteiger partial charge on any atom is -0.395 e. The summed E-state index contributed by atoms with van der Waals surface area (Å²) in [7, 11) is 0. The lowest BCUT2D eigenvalue weighted by molar-refractivity contribution is -0.119. The zero-order valence-corrected chi connectivity index (χ0v) is 8.94. The molecule has 0 radical (unpaired) electrons. The molecule has 0 aliphatic rings. The number of aldehydes is 1. The van der Waals surface area contributed by atoms with E-state index in [0.29, 0.717) is 6.29 Å². The maximum atomic E-state index is 12.3. The van der Waals surface area contributed by atoms with Crippen LogP contribution >= 0.6 is 0 Å². The van der Waals surface area contributed by atoms with Crippen LogP contribution in [0.15, 0.2) is 24.3 Å². The van der Waals surface area contributed by atoms with E-state index >= 15 is 0 Å². The summed E-state index contributed by atoms with van der Waals surface area (Å²) in [5.74, 6) is 0. The van der Waals surface area contributed by atoms with Gasteiger partial charge >= 0.3 is 6.18 Å². The number of hydrogen-bond donors (Lipinski definition) is 1. The van der Waals surface area contributed by atoms with Crippen LogP contribution in [0.25, 0.3) is 0 Å². The number of aliphatic hydroxyl groups is 1. The second-order valence-electron chi connectivity index (χ2n) is 3.44. The Hall–Kier alpha value is -1.56. The number of alkyl halides is 3. The van der Waals surface area contributed by atoms with E-state index in [1.807, 2.05) is 0 Å². The SMILES string of the molecule is O=Cc1ccccc1N(CCO)CC(F)(F)F. The van der Waals surface area contributed by atoms with Gasteiger partial charge in [0.15, 0.2) is 6.29 Å². The van der Waals surface area contributed by atoms with E-state index < -0.39 is 19.3 Å². The fourth-order valence-corrected chi connectivity index (χ4v) is 1.50. The molecule has 94 valence electrons. The highest BCUT2D eigenvalue weighted by Gasteiger charge is 2.31. The number of carbonyl (C=O) groups is 1. The highest BCUT2D eigenvalue weighted by Crippen LogP contribution is 2.24. The minimum atomic E-state index is -4.38. The number of para-hydroxylation sites is 1. The van der Waals surface area contributed by atoms with Crippen molar-refractivity contribution in [3.8, 4) is 0 Å². The van der Waals surface area contributed by atoms with Gasteiger partial charge in [-0.25, -0.2) is 0 Å². The average molecular weight is 247 g/mol. The second-order valence-corrected chi connectivity index (χ2v) is 3.44. The van der Waals surface area contributed by atoms with Gasteiger partial charge in [-0.2, -0.15) is 13.2 Å². The molecule has 0 fully saturated rings. The van der Waals surface area contributed by atoms with Gasteiger partial charge < -0.3 is 10.0 Å². The van der Waals surface area contributed by atoms with Crippen LogP contribution in [0.1, 0.15) is 10.4 Å². The van der Waals surface area contributed by atoms with Crippen molar-refractivity contribution in [3.63, 3.8) is 0 Å². The molecule has 0 aliphatic carbocycles. The van der Waals surface area contributed by atoms with Gasteiger partial charge in [-0.15, -0.1) is 0 Å². The third-order valence-corrected chi connectivity index (χ3v) is 2.14. The zero-order valence-electron chi connectivity index (χ0n) is 8.94. The average Bonchev–Trinajstić information content (AvgIpc) is 2.27. The van der Waals surface area contributed by atoms with Gasteiger partial charge in [-0.1, -0.05) is 12.1 Å². The van der Waals surface area contributed by atoms with Gasteiger partial charge in [0.05, 0.1) is 6.61 Å². The molecule has 17 heavy (non-hydrogen) atoms. The summed E-state index contributed by atoms with van der Waals surface area (Å²) in [6.07, 6.45) is -3.89. The van der Waals surface area contributed by atoms with Crippen molar-refractivity contribution in [2.45, 2.75) is 6.18 Å². The lowest BCUT2D eigenvalue weighted by Gasteiger charge is -2.26. The molecule has 0 heterocycles. The molecule has 0 unspecified atom stereocenters. The Kier molecular flexibility index (Phi) is 4.51. The van der Waals surface area contributed by atoms with Crippen molar-refractivity contribution in [2.75, 3.05) is 24.6 Å². The lowest BCUT2D eigenvalue weighted by Crippen LogP contribution is -2.36. The van der Waals surface area contributed by atoms with Crippen molar-refractivity contribution in [1.82, 2.24) is 0 Å². The Bertz CT molecular complexity index is 379. The molecule has 3 nitrogen and oxygen atoms in total. The summed E-state index contributed by atoms with van der Waals surface area (Å²) in [6, 6.07) is 5.97. The fourth-order valence-electron chi connectivity index (χ4n) is 1.50. The molecular formula is C11H12F3NO2. The van der Waals surface area contributed by atoms with Gasteiger partial charge in [0.2, 0.25) is 0 Å². The molecule has 0 bridgehead atoms. The first-order valence-corrected chi connectivity index (χ1v) is 4.94. The minimum absolute atomic E-state index is 0.171. The highest BCUT2D eigenvalue weighted by atomic mass is 19.4. The van der Waals surface area contributed by atoms with E-state index in [0.717, 1.165) is 4.90 Å². The molecular weight excluding hydrogens is 235 g/mol. The topological polar surface area (TPSA) is 40.5 Å². The van der Waals surface area contributed by atoms with Crippen molar-refractivity contribution >= 4 is 12.0 Å². The molecule has 0 amide bonds. The van der Waals surface area contributed by atoms with E-state index in [4.69, 9.17) is 5.11 Å². The van der Waals surface area contributed by atoms with E-state index in [9.17, 15) is 18.0 Å². The number of aliphatic hydroxyl groups excluding tert-OH is 1. The van der Waals surface area contributed by atoms with Gasteiger partial charge in [0, 0.05) is 17.8 Å². The highest BCUT2D eigenvalue weighted by molar-refractivity contribution is 5.84. The molecule has 6 heteroatoms. The van der Waals surface area contributed by atoms with E-state index in [-0.39, 0.29) is 17.8 Å². The Morgan fingerprint density at radius 2 is 1.94 bits per heavy atom. The third kappa shape index (κ3) is 4.07. The number of halogens is 3. The maximum Gasteiger partial charge on any atom is 0.405 e. The lowest BCUT2D eigenvalue weighted by atomic mass is 10.1. The zero-order chi connectivity index (χ0) is 12.9. The van der Waals surface area contributed by atoms with E-state index in [1.165, 1.54) is 12.1 Å². The molecule has 0 aromatic heterocycles. The summed E-state index contributed by atoms with van der Waals surface area (Å²) < 4.78 is 37.0. The van der Waals surface area contributed by atoms with E-state index in [2.05, 4.69) is 0 Å². The molecule has 0 spiro atoms. The number of anilines is 1.